The van der Waals surface area contributed by atoms with Crippen molar-refractivity contribution in [3.8, 4) is 0 Å². The van der Waals surface area contributed by atoms with Gasteiger partial charge in [0.05, 0.1) is 12.9 Å². The van der Waals surface area contributed by atoms with E-state index in [0.29, 0.717) is 0 Å². The summed E-state index contributed by atoms with van der Waals surface area (Å²) in [6.07, 6.45) is 0. The van der Waals surface area contributed by atoms with Crippen LogP contribution in [0.1, 0.15) is 13.8 Å². The molecule has 0 atom stereocenters. The second kappa shape index (κ2) is 3.19. The molecule has 0 aromatic carbocycles. The zero-order valence-electron chi connectivity index (χ0n) is 6.22. The van der Waals surface area contributed by atoms with Crippen LogP contribution in [-0.2, 0) is 14.3 Å². The van der Waals surface area contributed by atoms with Gasteiger partial charge in [-0.25, -0.2) is 0 Å². The van der Waals surface area contributed by atoms with E-state index in [2.05, 4.69) is 20.1 Å². The summed E-state index contributed by atoms with van der Waals surface area (Å²) < 4.78 is 25.4. The van der Waals surface area contributed by atoms with Crippen molar-refractivity contribution in [1.29, 1.82) is 0 Å². The van der Waals surface area contributed by atoms with Crippen molar-refractivity contribution in [3.63, 3.8) is 0 Å². The Morgan fingerprint density at radius 2 is 1.90 bits per heavy atom. The van der Waals surface area contributed by atoms with Crippen molar-refractivity contribution in [2.75, 3.05) is 12.9 Å². The lowest BCUT2D eigenvalue weighted by Crippen LogP contribution is -2.24. The van der Waals surface area contributed by atoms with Gasteiger partial charge in [-0.15, -0.1) is 0 Å². The van der Waals surface area contributed by atoms with E-state index >= 15 is 0 Å². The second-order valence-corrected chi connectivity index (χ2v) is 6.47. The normalized spacial score (nSPS) is 13.6. The third kappa shape index (κ3) is 5.20. The topological polar surface area (TPSA) is 43.4 Å². The lowest BCUT2D eigenvalue weighted by atomic mass is 10.3. The van der Waals surface area contributed by atoms with Gasteiger partial charge in [0.25, 0.3) is 10.1 Å². The molecule has 0 aliphatic carbocycles. The first kappa shape index (κ1) is 10.4. The molecule has 62 valence electrons. The Bertz CT molecular complexity index is 189. The van der Waals surface area contributed by atoms with Gasteiger partial charge in [-0.3, -0.25) is 4.18 Å². The minimum absolute atomic E-state index is 0.0174. The van der Waals surface area contributed by atoms with Crippen LogP contribution in [0.2, 0.25) is 0 Å². The average molecular weight is 231 g/mol. The zero-order chi connectivity index (χ0) is 8.41. The highest BCUT2D eigenvalue weighted by atomic mass is 79.9. The van der Waals surface area contributed by atoms with E-state index in [1.165, 1.54) is 0 Å². The molecule has 0 fully saturated rings. The standard InChI is InChI=1S/C5H11BrO3S/c1-5(2,6)4-10(7,8)9-3/h4H2,1-3H3. The Kier molecular flexibility index (Phi) is 3.32. The summed E-state index contributed by atoms with van der Waals surface area (Å²) in [7, 11) is -2.16. The van der Waals surface area contributed by atoms with Gasteiger partial charge in [-0.1, -0.05) is 15.9 Å². The highest BCUT2D eigenvalue weighted by molar-refractivity contribution is 9.10. The van der Waals surface area contributed by atoms with Crippen molar-refractivity contribution in [2.45, 2.75) is 18.2 Å². The molecular weight excluding hydrogens is 220 g/mol. The molecule has 0 aliphatic rings. The van der Waals surface area contributed by atoms with Gasteiger partial charge in [-0.05, 0) is 13.8 Å². The van der Waals surface area contributed by atoms with Crippen LogP contribution >= 0.6 is 15.9 Å². The Balaban J connectivity index is 4.18. The van der Waals surface area contributed by atoms with E-state index in [-0.39, 0.29) is 5.75 Å². The molecule has 0 saturated heterocycles. The molecule has 3 nitrogen and oxygen atoms in total. The monoisotopic (exact) mass is 230 g/mol. The second-order valence-electron chi connectivity index (χ2n) is 2.59. The summed E-state index contributed by atoms with van der Waals surface area (Å²) in [5, 5.41) is 0. The van der Waals surface area contributed by atoms with E-state index in [9.17, 15) is 8.42 Å². The molecule has 0 saturated carbocycles. The summed E-state index contributed by atoms with van der Waals surface area (Å²) in [6, 6.07) is 0. The largest absolute Gasteiger partial charge is 0.273 e. The minimum atomic E-state index is -3.32. The first-order chi connectivity index (χ1) is 4.27. The maximum absolute atomic E-state index is 10.8. The number of halogens is 1. The molecule has 0 bridgehead atoms. The quantitative estimate of drug-likeness (QED) is 0.540. The van der Waals surface area contributed by atoms with Crippen LogP contribution in [0, 0.1) is 0 Å². The number of hydrogen-bond acceptors (Lipinski definition) is 3. The number of hydrogen-bond donors (Lipinski definition) is 0. The molecular formula is C5H11BrO3S. The molecule has 0 radical (unpaired) electrons. The first-order valence-corrected chi connectivity index (χ1v) is 5.11. The van der Waals surface area contributed by atoms with Crippen molar-refractivity contribution >= 4 is 26.0 Å². The van der Waals surface area contributed by atoms with Crippen molar-refractivity contribution in [2.24, 2.45) is 0 Å². The summed E-state index contributed by atoms with van der Waals surface area (Å²) in [5.74, 6) is -0.0174. The van der Waals surface area contributed by atoms with E-state index in [4.69, 9.17) is 0 Å². The molecule has 0 aromatic rings. The maximum atomic E-state index is 10.8. The molecule has 0 rings (SSSR count). The highest BCUT2D eigenvalue weighted by Crippen LogP contribution is 2.18. The van der Waals surface area contributed by atoms with Gasteiger partial charge < -0.3 is 0 Å². The smallest absolute Gasteiger partial charge is 0.268 e. The summed E-state index contributed by atoms with van der Waals surface area (Å²) in [4.78, 5) is 0. The van der Waals surface area contributed by atoms with Crippen LogP contribution in [0.25, 0.3) is 0 Å². The Labute approximate surface area is 70.0 Å². The molecule has 0 amide bonds. The fourth-order valence-corrected chi connectivity index (χ4v) is 2.28. The number of rotatable bonds is 3. The molecule has 0 heterocycles. The maximum Gasteiger partial charge on any atom is 0.268 e. The summed E-state index contributed by atoms with van der Waals surface area (Å²) >= 11 is 3.20. The lowest BCUT2D eigenvalue weighted by Gasteiger charge is -2.13. The van der Waals surface area contributed by atoms with Gasteiger partial charge in [0.15, 0.2) is 0 Å². The predicted molar refractivity (Wildman–Crippen MR) is 43.8 cm³/mol. The Morgan fingerprint density at radius 1 is 1.50 bits per heavy atom. The fraction of sp³-hybridized carbons (Fsp3) is 1.00. The van der Waals surface area contributed by atoms with Gasteiger partial charge in [-0.2, -0.15) is 8.42 Å². The molecule has 5 heteroatoms. The van der Waals surface area contributed by atoms with Crippen LogP contribution < -0.4 is 0 Å². The lowest BCUT2D eigenvalue weighted by molar-refractivity contribution is 0.395. The zero-order valence-corrected chi connectivity index (χ0v) is 8.62. The first-order valence-electron chi connectivity index (χ1n) is 2.74. The van der Waals surface area contributed by atoms with Crippen molar-refractivity contribution in [3.05, 3.63) is 0 Å². The minimum Gasteiger partial charge on any atom is -0.273 e. The molecule has 0 unspecified atom stereocenters. The van der Waals surface area contributed by atoms with Crippen molar-refractivity contribution in [1.82, 2.24) is 0 Å². The third-order valence-electron chi connectivity index (χ3n) is 0.774. The van der Waals surface area contributed by atoms with Crippen LogP contribution in [0.15, 0.2) is 0 Å². The molecule has 0 N–H and O–H groups in total. The van der Waals surface area contributed by atoms with Crippen LogP contribution in [-0.4, -0.2) is 25.6 Å². The van der Waals surface area contributed by atoms with Crippen LogP contribution in [0.5, 0.6) is 0 Å². The molecule has 0 aliphatic heterocycles. The van der Waals surface area contributed by atoms with Gasteiger partial charge in [0, 0.05) is 4.32 Å². The van der Waals surface area contributed by atoms with Crippen LogP contribution in [0.3, 0.4) is 0 Å². The summed E-state index contributed by atoms with van der Waals surface area (Å²) in [6.45, 7) is 3.53. The van der Waals surface area contributed by atoms with Gasteiger partial charge >= 0.3 is 0 Å². The van der Waals surface area contributed by atoms with E-state index in [1.54, 1.807) is 13.8 Å². The van der Waals surface area contributed by atoms with Crippen LogP contribution in [0.4, 0.5) is 0 Å². The molecule has 10 heavy (non-hydrogen) atoms. The van der Waals surface area contributed by atoms with E-state index in [0.717, 1.165) is 7.11 Å². The third-order valence-corrected chi connectivity index (χ3v) is 3.01. The van der Waals surface area contributed by atoms with Crippen molar-refractivity contribution < 1.29 is 12.6 Å². The molecule has 0 aromatic heterocycles. The summed E-state index contributed by atoms with van der Waals surface area (Å²) in [5.41, 5.74) is 0. The highest BCUT2D eigenvalue weighted by Gasteiger charge is 2.22. The average Bonchev–Trinajstić information content (AvgIpc) is 1.60. The number of alkyl halides is 1. The van der Waals surface area contributed by atoms with E-state index < -0.39 is 14.4 Å². The molecule has 0 spiro atoms. The van der Waals surface area contributed by atoms with E-state index in [1.807, 2.05) is 0 Å². The SMILES string of the molecule is COS(=O)(=O)CC(C)(C)Br. The fourth-order valence-electron chi connectivity index (χ4n) is 0.479. The van der Waals surface area contributed by atoms with Gasteiger partial charge in [0.2, 0.25) is 0 Å². The Morgan fingerprint density at radius 3 is 2.00 bits per heavy atom. The Hall–Kier alpha value is 0.390. The van der Waals surface area contributed by atoms with Gasteiger partial charge in [0.1, 0.15) is 0 Å². The predicted octanol–water partition coefficient (Wildman–Crippen LogP) is 1.14.